The third-order valence-electron chi connectivity index (χ3n) is 4.37. The molecule has 0 aliphatic heterocycles. The van der Waals surface area contributed by atoms with Gasteiger partial charge in [-0.2, -0.15) is 5.26 Å². The van der Waals surface area contributed by atoms with Crippen molar-refractivity contribution in [3.8, 4) is 6.07 Å². The van der Waals surface area contributed by atoms with Crippen LogP contribution in [-0.4, -0.2) is 5.11 Å². The molecule has 1 aromatic heterocycles. The molecule has 5 heteroatoms. The fraction of sp³-hybridized carbons (Fsp3) is 0.667. The minimum absolute atomic E-state index is 0.458. The molecule has 0 bridgehead atoms. The lowest BCUT2D eigenvalue weighted by molar-refractivity contribution is 0.00855. The number of nitriles is 1. The quantitative estimate of drug-likeness (QED) is 0.736. The molecule has 1 fully saturated rings. The van der Waals surface area contributed by atoms with Gasteiger partial charge in [-0.05, 0) is 69.5 Å². The molecule has 0 spiro atoms. The topological polar surface area (TPSA) is 57.2 Å². The summed E-state index contributed by atoms with van der Waals surface area (Å²) >= 11 is 6.61. The molecule has 110 valence electrons. The van der Waals surface area contributed by atoms with Crippen LogP contribution in [0.25, 0.3) is 0 Å². The maximum Gasteiger partial charge on any atom is 0.183 e. The van der Waals surface area contributed by atoms with Crippen molar-refractivity contribution in [2.24, 2.45) is 11.3 Å². The molecule has 0 saturated heterocycles. The molecule has 0 radical (unpaired) electrons. The molecule has 0 aromatic carbocycles. The molecular formula is C15H19Br2NO2. The number of nitrogens with zero attached hydrogens (tertiary/aromatic N) is 1. The van der Waals surface area contributed by atoms with Gasteiger partial charge in [0, 0.05) is 0 Å². The number of rotatable bonds is 4. The van der Waals surface area contributed by atoms with Gasteiger partial charge >= 0.3 is 0 Å². The Balaban J connectivity index is 2.14. The normalized spacial score (nSPS) is 28.1. The zero-order chi connectivity index (χ0) is 14.8. The van der Waals surface area contributed by atoms with Crippen molar-refractivity contribution in [1.82, 2.24) is 0 Å². The maximum absolute atomic E-state index is 10.6. The molecule has 0 amide bonds. The Morgan fingerprint density at radius 2 is 2.15 bits per heavy atom. The second-order valence-electron chi connectivity index (χ2n) is 5.67. The Hall–Kier alpha value is -0.310. The van der Waals surface area contributed by atoms with Crippen LogP contribution in [0.5, 0.6) is 0 Å². The number of aliphatic hydroxyl groups is 1. The Morgan fingerprint density at radius 3 is 2.60 bits per heavy atom. The van der Waals surface area contributed by atoms with Gasteiger partial charge in [-0.15, -0.1) is 0 Å². The molecule has 1 aliphatic carbocycles. The highest BCUT2D eigenvalue weighted by atomic mass is 79.9. The third-order valence-corrected chi connectivity index (χ3v) is 6.08. The monoisotopic (exact) mass is 403 g/mol. The minimum Gasteiger partial charge on any atom is -0.450 e. The van der Waals surface area contributed by atoms with Crippen LogP contribution in [0.1, 0.15) is 57.3 Å². The summed E-state index contributed by atoms with van der Waals surface area (Å²) in [5, 5.41) is 20.2. The van der Waals surface area contributed by atoms with Crippen molar-refractivity contribution < 1.29 is 9.52 Å². The molecular weight excluding hydrogens is 386 g/mol. The number of hydrogen-bond acceptors (Lipinski definition) is 3. The van der Waals surface area contributed by atoms with Crippen molar-refractivity contribution in [2.45, 2.75) is 51.6 Å². The van der Waals surface area contributed by atoms with Crippen LogP contribution in [0, 0.1) is 22.7 Å². The van der Waals surface area contributed by atoms with E-state index in [1.807, 2.05) is 0 Å². The van der Waals surface area contributed by atoms with Gasteiger partial charge in [-0.3, -0.25) is 0 Å². The Kier molecular flexibility index (Phi) is 5.33. The summed E-state index contributed by atoms with van der Waals surface area (Å²) in [6, 6.07) is 4.11. The number of halogens is 2. The van der Waals surface area contributed by atoms with Crippen molar-refractivity contribution in [1.29, 1.82) is 5.26 Å². The van der Waals surface area contributed by atoms with E-state index in [2.05, 4.69) is 44.9 Å². The molecule has 2 rings (SSSR count). The highest BCUT2D eigenvalue weighted by Crippen LogP contribution is 2.49. The van der Waals surface area contributed by atoms with Gasteiger partial charge in [0.15, 0.2) is 4.67 Å². The third kappa shape index (κ3) is 3.13. The van der Waals surface area contributed by atoms with Crippen LogP contribution >= 0.6 is 31.9 Å². The van der Waals surface area contributed by atoms with E-state index in [4.69, 9.17) is 4.42 Å². The number of hydrogen-bond donors (Lipinski definition) is 1. The first-order valence-corrected chi connectivity index (χ1v) is 8.65. The van der Waals surface area contributed by atoms with Gasteiger partial charge in [-0.25, -0.2) is 0 Å². The lowest BCUT2D eigenvalue weighted by atomic mass is 9.67. The summed E-state index contributed by atoms with van der Waals surface area (Å²) in [7, 11) is 0. The van der Waals surface area contributed by atoms with E-state index in [1.165, 1.54) is 12.8 Å². The fourth-order valence-corrected chi connectivity index (χ4v) is 3.71. The van der Waals surface area contributed by atoms with E-state index < -0.39 is 11.5 Å². The predicted octanol–water partition coefficient (Wildman–Crippen LogP) is 5.34. The summed E-state index contributed by atoms with van der Waals surface area (Å²) in [6.45, 7) is 2.19. The minimum atomic E-state index is -0.863. The summed E-state index contributed by atoms with van der Waals surface area (Å²) < 4.78 is 6.82. The van der Waals surface area contributed by atoms with Crippen LogP contribution in [0.4, 0.5) is 0 Å². The molecule has 1 N–H and O–H groups in total. The van der Waals surface area contributed by atoms with Crippen LogP contribution in [0.15, 0.2) is 19.6 Å². The smallest absolute Gasteiger partial charge is 0.183 e. The zero-order valence-electron chi connectivity index (χ0n) is 11.5. The van der Waals surface area contributed by atoms with Gasteiger partial charge in [0.25, 0.3) is 0 Å². The van der Waals surface area contributed by atoms with Crippen LogP contribution in [0.2, 0.25) is 0 Å². The van der Waals surface area contributed by atoms with Crippen molar-refractivity contribution in [2.75, 3.05) is 0 Å². The van der Waals surface area contributed by atoms with Gasteiger partial charge in [0.05, 0.1) is 16.0 Å². The largest absolute Gasteiger partial charge is 0.450 e. The van der Waals surface area contributed by atoms with Crippen molar-refractivity contribution in [3.05, 3.63) is 21.0 Å². The van der Waals surface area contributed by atoms with Crippen LogP contribution < -0.4 is 0 Å². The summed E-state index contributed by atoms with van der Waals surface area (Å²) in [5.74, 6) is 1.16. The van der Waals surface area contributed by atoms with E-state index >= 15 is 0 Å². The highest BCUT2D eigenvalue weighted by Gasteiger charge is 2.43. The lowest BCUT2D eigenvalue weighted by Gasteiger charge is -2.37. The van der Waals surface area contributed by atoms with Gasteiger partial charge in [0.1, 0.15) is 11.9 Å². The van der Waals surface area contributed by atoms with E-state index in [0.29, 0.717) is 16.3 Å². The molecule has 1 saturated carbocycles. The van der Waals surface area contributed by atoms with Crippen molar-refractivity contribution in [3.63, 3.8) is 0 Å². The van der Waals surface area contributed by atoms with E-state index in [-0.39, 0.29) is 0 Å². The summed E-state index contributed by atoms with van der Waals surface area (Å²) in [5.41, 5.74) is -0.707. The van der Waals surface area contributed by atoms with Gasteiger partial charge in [-0.1, -0.05) is 19.8 Å². The first kappa shape index (κ1) is 16.1. The zero-order valence-corrected chi connectivity index (χ0v) is 14.7. The fourth-order valence-electron chi connectivity index (χ4n) is 3.11. The Bertz CT molecular complexity index is 479. The average molecular weight is 405 g/mol. The summed E-state index contributed by atoms with van der Waals surface area (Å²) in [4.78, 5) is 0. The molecule has 1 unspecified atom stereocenters. The second-order valence-corrected chi connectivity index (χ2v) is 7.25. The van der Waals surface area contributed by atoms with Crippen LogP contribution in [0.3, 0.4) is 0 Å². The summed E-state index contributed by atoms with van der Waals surface area (Å²) in [6.07, 6.45) is 5.05. The SMILES string of the molecule is CCCC1CCC(C#N)(C(O)c2cc(Br)c(Br)o2)CC1. The molecule has 1 aliphatic rings. The first-order chi connectivity index (χ1) is 9.52. The Morgan fingerprint density at radius 1 is 1.50 bits per heavy atom. The van der Waals surface area contributed by atoms with Gasteiger partial charge in [0.2, 0.25) is 0 Å². The second kappa shape index (κ2) is 6.64. The molecule has 1 heterocycles. The average Bonchev–Trinajstić information content (AvgIpc) is 2.79. The number of furan rings is 1. The van der Waals surface area contributed by atoms with Crippen LogP contribution in [-0.2, 0) is 0 Å². The molecule has 1 aromatic rings. The highest BCUT2D eigenvalue weighted by molar-refractivity contribution is 9.13. The van der Waals surface area contributed by atoms with Gasteiger partial charge < -0.3 is 9.52 Å². The Labute approximate surface area is 136 Å². The number of aliphatic hydroxyl groups excluding tert-OH is 1. The van der Waals surface area contributed by atoms with Crippen molar-refractivity contribution >= 4 is 31.9 Å². The predicted molar refractivity (Wildman–Crippen MR) is 84.0 cm³/mol. The first-order valence-electron chi connectivity index (χ1n) is 7.06. The molecule has 3 nitrogen and oxygen atoms in total. The molecule has 20 heavy (non-hydrogen) atoms. The maximum atomic E-state index is 10.6. The molecule has 1 atom stereocenters. The van der Waals surface area contributed by atoms with E-state index in [9.17, 15) is 10.4 Å². The lowest BCUT2D eigenvalue weighted by Crippen LogP contribution is -2.32. The van der Waals surface area contributed by atoms with E-state index in [1.54, 1.807) is 6.07 Å². The van der Waals surface area contributed by atoms with E-state index in [0.717, 1.165) is 30.2 Å². The standard InChI is InChI=1S/C15H19Br2NO2/c1-2-3-10-4-6-15(9-18,7-5-10)13(19)12-8-11(16)14(17)20-12/h8,10,13,19H,2-7H2,1H3.